The van der Waals surface area contributed by atoms with Crippen molar-refractivity contribution >= 4 is 11.8 Å². The summed E-state index contributed by atoms with van der Waals surface area (Å²) in [4.78, 5) is 10.8. The average molecular weight is 182 g/mol. The van der Waals surface area contributed by atoms with E-state index in [1.807, 2.05) is 0 Å². The molecule has 1 aromatic rings. The van der Waals surface area contributed by atoms with Gasteiger partial charge in [0.2, 0.25) is 0 Å². The summed E-state index contributed by atoms with van der Waals surface area (Å²) in [6.45, 7) is 0.658. The summed E-state index contributed by atoms with van der Waals surface area (Å²) in [6.07, 6.45) is 0.570. The second-order valence-corrected chi connectivity index (χ2v) is 3.05. The molecule has 70 valence electrons. The van der Waals surface area contributed by atoms with Crippen LogP contribution in [0.5, 0.6) is 0 Å². The number of aromatic nitrogens is 3. The average Bonchev–Trinajstić information content (AvgIpc) is 2.48. The number of aliphatic carboxylic acids is 1. The van der Waals surface area contributed by atoms with Crippen molar-refractivity contribution in [1.29, 1.82) is 0 Å². The van der Waals surface area contributed by atoms with Gasteiger partial charge >= 0.3 is 5.97 Å². The van der Waals surface area contributed by atoms with Gasteiger partial charge in [-0.25, -0.2) is 4.68 Å². The van der Waals surface area contributed by atoms with E-state index in [4.69, 9.17) is 5.11 Å². The third kappa shape index (κ3) is 1.14. The summed E-state index contributed by atoms with van der Waals surface area (Å²) in [5, 5.41) is 19.6. The first-order valence-electron chi connectivity index (χ1n) is 4.06. The van der Waals surface area contributed by atoms with E-state index >= 15 is 0 Å². The monoisotopic (exact) mass is 182 g/mol. The maximum Gasteiger partial charge on any atom is 0.312 e. The fourth-order valence-corrected chi connectivity index (χ4v) is 1.52. The first kappa shape index (κ1) is 8.03. The lowest BCUT2D eigenvalue weighted by Gasteiger charge is -2.18. The molecule has 1 aromatic heterocycles. The van der Waals surface area contributed by atoms with Crippen molar-refractivity contribution in [2.24, 2.45) is 7.05 Å². The van der Waals surface area contributed by atoms with Crippen molar-refractivity contribution in [2.75, 3.05) is 11.9 Å². The molecule has 0 amide bonds. The van der Waals surface area contributed by atoms with E-state index in [2.05, 4.69) is 15.6 Å². The summed E-state index contributed by atoms with van der Waals surface area (Å²) < 4.78 is 1.56. The molecule has 0 saturated heterocycles. The smallest absolute Gasteiger partial charge is 0.312 e. The molecule has 0 fully saturated rings. The highest BCUT2D eigenvalue weighted by molar-refractivity contribution is 5.78. The lowest BCUT2D eigenvalue weighted by molar-refractivity contribution is -0.139. The van der Waals surface area contributed by atoms with Crippen LogP contribution in [0.2, 0.25) is 0 Å². The Morgan fingerprint density at radius 3 is 3.23 bits per heavy atom. The number of anilines is 1. The molecule has 0 saturated carbocycles. The highest BCUT2D eigenvalue weighted by Gasteiger charge is 2.30. The van der Waals surface area contributed by atoms with E-state index in [1.54, 1.807) is 11.7 Å². The minimum atomic E-state index is -0.830. The summed E-state index contributed by atoms with van der Waals surface area (Å²) in [5.41, 5.74) is 0.543. The van der Waals surface area contributed by atoms with Gasteiger partial charge in [0.05, 0.1) is 0 Å². The van der Waals surface area contributed by atoms with Crippen LogP contribution >= 0.6 is 0 Å². The van der Waals surface area contributed by atoms with E-state index in [-0.39, 0.29) is 0 Å². The van der Waals surface area contributed by atoms with Crippen LogP contribution in [0.1, 0.15) is 18.0 Å². The number of nitrogens with zero attached hydrogens (tertiary/aromatic N) is 3. The van der Waals surface area contributed by atoms with Crippen molar-refractivity contribution < 1.29 is 9.90 Å². The van der Waals surface area contributed by atoms with Crippen LogP contribution in [0.3, 0.4) is 0 Å². The molecule has 0 aromatic carbocycles. The van der Waals surface area contributed by atoms with Gasteiger partial charge in [0, 0.05) is 13.6 Å². The maximum atomic E-state index is 10.8. The van der Waals surface area contributed by atoms with Crippen LogP contribution in [-0.4, -0.2) is 32.6 Å². The largest absolute Gasteiger partial charge is 0.481 e. The minimum Gasteiger partial charge on any atom is -0.481 e. The first-order valence-corrected chi connectivity index (χ1v) is 4.06. The predicted octanol–water partition coefficient (Wildman–Crippen LogP) is -0.201. The zero-order valence-corrected chi connectivity index (χ0v) is 7.19. The van der Waals surface area contributed by atoms with Gasteiger partial charge in [-0.2, -0.15) is 0 Å². The molecule has 2 rings (SSSR count). The Morgan fingerprint density at radius 1 is 1.77 bits per heavy atom. The molecule has 0 aliphatic carbocycles. The summed E-state index contributed by atoms with van der Waals surface area (Å²) >= 11 is 0. The number of rotatable bonds is 1. The van der Waals surface area contributed by atoms with Gasteiger partial charge in [0.25, 0.3) is 0 Å². The quantitative estimate of drug-likeness (QED) is 0.628. The van der Waals surface area contributed by atoms with Crippen molar-refractivity contribution in [3.8, 4) is 0 Å². The number of carboxylic acids is 1. The van der Waals surface area contributed by atoms with E-state index < -0.39 is 11.9 Å². The van der Waals surface area contributed by atoms with Gasteiger partial charge in [-0.1, -0.05) is 5.21 Å². The van der Waals surface area contributed by atoms with Gasteiger partial charge in [-0.3, -0.25) is 4.79 Å². The fourth-order valence-electron chi connectivity index (χ4n) is 1.52. The fraction of sp³-hybridized carbons (Fsp3) is 0.571. The van der Waals surface area contributed by atoms with Gasteiger partial charge in [0.1, 0.15) is 17.4 Å². The maximum absolute atomic E-state index is 10.8. The van der Waals surface area contributed by atoms with Gasteiger partial charge in [-0.15, -0.1) is 5.10 Å². The summed E-state index contributed by atoms with van der Waals surface area (Å²) in [6, 6.07) is 0. The lowest BCUT2D eigenvalue weighted by Crippen LogP contribution is -2.23. The Hall–Kier alpha value is -1.59. The molecule has 6 nitrogen and oxygen atoms in total. The summed E-state index contributed by atoms with van der Waals surface area (Å²) in [7, 11) is 1.74. The molecular formula is C7H10N4O2. The second-order valence-electron chi connectivity index (χ2n) is 3.05. The highest BCUT2D eigenvalue weighted by atomic mass is 16.4. The molecule has 1 aliphatic rings. The van der Waals surface area contributed by atoms with Crippen molar-refractivity contribution in [2.45, 2.75) is 12.3 Å². The predicted molar refractivity (Wildman–Crippen MR) is 44.5 cm³/mol. The second kappa shape index (κ2) is 2.72. The van der Waals surface area contributed by atoms with Gasteiger partial charge in [-0.05, 0) is 6.42 Å². The Labute approximate surface area is 74.6 Å². The molecule has 6 heteroatoms. The molecule has 0 radical (unpaired) electrons. The zero-order chi connectivity index (χ0) is 9.42. The summed E-state index contributed by atoms with van der Waals surface area (Å²) in [5.74, 6) is -0.619. The Kier molecular flexibility index (Phi) is 1.68. The third-order valence-electron chi connectivity index (χ3n) is 2.21. The van der Waals surface area contributed by atoms with Gasteiger partial charge < -0.3 is 10.4 Å². The molecule has 2 heterocycles. The number of aryl methyl sites for hydroxylation is 1. The third-order valence-corrected chi connectivity index (χ3v) is 2.21. The lowest BCUT2D eigenvalue weighted by atomic mass is 9.99. The molecule has 13 heavy (non-hydrogen) atoms. The molecule has 0 spiro atoms. The van der Waals surface area contributed by atoms with E-state index in [0.717, 1.165) is 5.82 Å². The van der Waals surface area contributed by atoms with Crippen molar-refractivity contribution in [1.82, 2.24) is 15.0 Å². The molecule has 0 bridgehead atoms. The number of nitrogens with one attached hydrogen (secondary N) is 1. The van der Waals surface area contributed by atoms with Crippen LogP contribution < -0.4 is 5.32 Å². The SMILES string of the molecule is Cn1nnc2c1NCC[C@H]2C(=O)O. The number of fused-ring (bicyclic) bond motifs is 1. The number of hydrogen-bond acceptors (Lipinski definition) is 4. The highest BCUT2D eigenvalue weighted by Crippen LogP contribution is 2.28. The van der Waals surface area contributed by atoms with Crippen LogP contribution in [0.4, 0.5) is 5.82 Å². The van der Waals surface area contributed by atoms with Crippen LogP contribution in [0.25, 0.3) is 0 Å². The van der Waals surface area contributed by atoms with Crippen molar-refractivity contribution in [3.05, 3.63) is 5.69 Å². The van der Waals surface area contributed by atoms with E-state index in [1.165, 1.54) is 0 Å². The topological polar surface area (TPSA) is 80.0 Å². The molecule has 2 N–H and O–H groups in total. The number of carbonyl (C=O) groups is 1. The zero-order valence-electron chi connectivity index (χ0n) is 7.19. The van der Waals surface area contributed by atoms with E-state index in [0.29, 0.717) is 18.7 Å². The number of hydrogen-bond donors (Lipinski definition) is 2. The normalized spacial score (nSPS) is 20.5. The molecule has 0 unspecified atom stereocenters. The van der Waals surface area contributed by atoms with Gasteiger partial charge in [0.15, 0.2) is 0 Å². The number of carboxylic acid groups (broad SMARTS) is 1. The molecular weight excluding hydrogens is 172 g/mol. The van der Waals surface area contributed by atoms with E-state index in [9.17, 15) is 4.79 Å². The minimum absolute atomic E-state index is 0.509. The van der Waals surface area contributed by atoms with Crippen LogP contribution in [0, 0.1) is 0 Å². The molecule has 1 aliphatic heterocycles. The molecule has 1 atom stereocenters. The Bertz CT molecular complexity index is 346. The standard InChI is InChI=1S/C7H10N4O2/c1-11-6-5(9-10-11)4(7(12)13)2-3-8-6/h4,8H,2-3H2,1H3,(H,12,13)/t4-/m1/s1. The van der Waals surface area contributed by atoms with Crippen LogP contribution in [-0.2, 0) is 11.8 Å². The van der Waals surface area contributed by atoms with Crippen LogP contribution in [0.15, 0.2) is 0 Å². The first-order chi connectivity index (χ1) is 6.20. The Balaban J connectivity index is 2.43. The Morgan fingerprint density at radius 2 is 2.54 bits per heavy atom. The van der Waals surface area contributed by atoms with Crippen molar-refractivity contribution in [3.63, 3.8) is 0 Å².